The molecule has 1 atom stereocenters. The van der Waals surface area contributed by atoms with E-state index in [2.05, 4.69) is 6.92 Å². The smallest absolute Gasteiger partial charge is 0.267 e. The second-order valence-corrected chi connectivity index (χ2v) is 7.58. The van der Waals surface area contributed by atoms with Crippen molar-refractivity contribution in [3.63, 3.8) is 0 Å². The summed E-state index contributed by atoms with van der Waals surface area (Å²) in [7, 11) is -4.04. The average molecular weight is 346 g/mol. The van der Waals surface area contributed by atoms with Gasteiger partial charge < -0.3 is 5.11 Å². The Bertz CT molecular complexity index is 320. The van der Waals surface area contributed by atoms with Crippen LogP contribution in [0.1, 0.15) is 90.4 Å². The Balaban J connectivity index is 0. The summed E-state index contributed by atoms with van der Waals surface area (Å²) in [4.78, 5) is 0. The zero-order chi connectivity index (χ0) is 16.0. The molecule has 0 heterocycles. The summed E-state index contributed by atoms with van der Waals surface area (Å²) >= 11 is 0. The molecule has 0 aromatic rings. The maximum Gasteiger partial charge on any atom is 0.267 e. The molecule has 0 aliphatic heterocycles. The Morgan fingerprint density at radius 3 is 1.50 bits per heavy atom. The molecule has 6 heteroatoms. The molecule has 2 N–H and O–H groups in total. The molecular weight excluding hydrogens is 311 g/mol. The summed E-state index contributed by atoms with van der Waals surface area (Å²) in [6.45, 7) is 2.24. The summed E-state index contributed by atoms with van der Waals surface area (Å²) in [6.07, 6.45) is 14.5. The van der Waals surface area contributed by atoms with Gasteiger partial charge in [0.2, 0.25) is 0 Å². The molecule has 1 unspecified atom stereocenters. The van der Waals surface area contributed by atoms with Gasteiger partial charge in [-0.1, -0.05) is 84.0 Å². The van der Waals surface area contributed by atoms with E-state index < -0.39 is 22.0 Å². The van der Waals surface area contributed by atoms with Crippen molar-refractivity contribution in [1.29, 1.82) is 0 Å². The van der Waals surface area contributed by atoms with Crippen molar-refractivity contribution in [2.75, 3.05) is 5.75 Å². The van der Waals surface area contributed by atoms with E-state index in [4.69, 9.17) is 4.55 Å². The molecule has 0 saturated carbocycles. The van der Waals surface area contributed by atoms with Crippen molar-refractivity contribution in [3.05, 3.63) is 0 Å². The van der Waals surface area contributed by atoms with Gasteiger partial charge >= 0.3 is 0 Å². The first-order valence-electron chi connectivity index (χ1n) is 8.59. The SMILES string of the molecule is CCCCCCCCCCCCCCC(O)CS(=O)(=O)O.[Na]. The van der Waals surface area contributed by atoms with Crippen LogP contribution in [0.15, 0.2) is 0 Å². The molecule has 0 saturated heterocycles. The van der Waals surface area contributed by atoms with Gasteiger partial charge in [0.15, 0.2) is 0 Å². The Kier molecular flexibility index (Phi) is 19.1. The van der Waals surface area contributed by atoms with Gasteiger partial charge in [0.1, 0.15) is 5.75 Å². The van der Waals surface area contributed by atoms with E-state index in [9.17, 15) is 13.5 Å². The molecular formula is C16H34NaO4S. The topological polar surface area (TPSA) is 74.6 Å². The van der Waals surface area contributed by atoms with Crippen LogP contribution in [-0.4, -0.2) is 59.5 Å². The molecule has 1 radical (unpaired) electrons. The number of hydrogen-bond acceptors (Lipinski definition) is 3. The Hall–Kier alpha value is 0.870. The quantitative estimate of drug-likeness (QED) is 0.268. The molecule has 0 aliphatic carbocycles. The Labute approximate surface area is 159 Å². The van der Waals surface area contributed by atoms with Crippen molar-refractivity contribution in [3.8, 4) is 0 Å². The Morgan fingerprint density at radius 2 is 1.14 bits per heavy atom. The molecule has 0 aliphatic rings. The molecule has 0 bridgehead atoms. The summed E-state index contributed by atoms with van der Waals surface area (Å²) < 4.78 is 29.7. The maximum absolute atomic E-state index is 10.6. The third-order valence-corrected chi connectivity index (χ3v) is 4.60. The van der Waals surface area contributed by atoms with E-state index in [0.717, 1.165) is 19.3 Å². The fourth-order valence-corrected chi connectivity index (χ4v) is 3.20. The number of aliphatic hydroxyl groups excluding tert-OH is 1. The van der Waals surface area contributed by atoms with Gasteiger partial charge in [-0.2, -0.15) is 8.42 Å². The van der Waals surface area contributed by atoms with Gasteiger partial charge in [-0.05, 0) is 6.42 Å². The van der Waals surface area contributed by atoms with Crippen molar-refractivity contribution in [2.45, 2.75) is 96.5 Å². The normalized spacial score (nSPS) is 12.9. The monoisotopic (exact) mass is 345 g/mol. The van der Waals surface area contributed by atoms with Crippen LogP contribution in [-0.2, 0) is 10.1 Å². The van der Waals surface area contributed by atoms with Crippen molar-refractivity contribution < 1.29 is 18.1 Å². The molecule has 4 nitrogen and oxygen atoms in total. The van der Waals surface area contributed by atoms with Crippen LogP contribution in [0.4, 0.5) is 0 Å². The van der Waals surface area contributed by atoms with Crippen LogP contribution < -0.4 is 0 Å². The second kappa shape index (κ2) is 16.7. The van der Waals surface area contributed by atoms with Crippen molar-refractivity contribution >= 4 is 39.7 Å². The predicted octanol–water partition coefficient (Wildman–Crippen LogP) is 3.95. The first kappa shape index (κ1) is 25.1. The first-order chi connectivity index (χ1) is 9.95. The second-order valence-electron chi connectivity index (χ2n) is 6.08. The molecule has 22 heavy (non-hydrogen) atoms. The molecule has 0 aromatic carbocycles. The summed E-state index contributed by atoms with van der Waals surface area (Å²) in [5.41, 5.74) is 0. The number of unbranched alkanes of at least 4 members (excludes halogenated alkanes) is 11. The van der Waals surface area contributed by atoms with Gasteiger partial charge in [0.25, 0.3) is 10.1 Å². The van der Waals surface area contributed by atoms with Crippen molar-refractivity contribution in [2.24, 2.45) is 0 Å². The molecule has 129 valence electrons. The number of hydrogen-bond donors (Lipinski definition) is 2. The van der Waals surface area contributed by atoms with E-state index in [0.29, 0.717) is 6.42 Å². The van der Waals surface area contributed by atoms with Crippen LogP contribution in [0.25, 0.3) is 0 Å². The van der Waals surface area contributed by atoms with Crippen LogP contribution in [0, 0.1) is 0 Å². The molecule has 0 fully saturated rings. The maximum atomic E-state index is 10.6. The minimum atomic E-state index is -4.04. The average Bonchev–Trinajstić information content (AvgIpc) is 2.38. The standard InChI is InChI=1S/C16H34O4S.Na/c1-2-3-4-5-6-7-8-9-10-11-12-13-14-16(17)15-21(18,19)20;/h16-17H,2-15H2,1H3,(H,18,19,20);. The van der Waals surface area contributed by atoms with Gasteiger partial charge in [0, 0.05) is 29.6 Å². The van der Waals surface area contributed by atoms with E-state index in [1.807, 2.05) is 0 Å². The largest absolute Gasteiger partial charge is 0.392 e. The fourth-order valence-electron chi connectivity index (χ4n) is 2.55. The summed E-state index contributed by atoms with van der Waals surface area (Å²) in [5.74, 6) is -0.537. The van der Waals surface area contributed by atoms with Crippen LogP contribution in [0.3, 0.4) is 0 Å². The van der Waals surface area contributed by atoms with Crippen LogP contribution >= 0.6 is 0 Å². The Morgan fingerprint density at radius 1 is 0.773 bits per heavy atom. The van der Waals surface area contributed by atoms with E-state index in [1.165, 1.54) is 57.8 Å². The van der Waals surface area contributed by atoms with E-state index >= 15 is 0 Å². The minimum absolute atomic E-state index is 0. The zero-order valence-corrected chi connectivity index (χ0v) is 17.4. The van der Waals surface area contributed by atoms with Crippen LogP contribution in [0.5, 0.6) is 0 Å². The van der Waals surface area contributed by atoms with Gasteiger partial charge in [-0.15, -0.1) is 0 Å². The molecule has 0 amide bonds. The fraction of sp³-hybridized carbons (Fsp3) is 1.00. The van der Waals surface area contributed by atoms with Crippen molar-refractivity contribution in [1.82, 2.24) is 0 Å². The first-order valence-corrected chi connectivity index (χ1v) is 10.2. The third-order valence-electron chi connectivity index (χ3n) is 3.79. The predicted molar refractivity (Wildman–Crippen MR) is 93.9 cm³/mol. The van der Waals surface area contributed by atoms with E-state index in [1.54, 1.807) is 0 Å². The number of aliphatic hydroxyl groups is 1. The summed E-state index contributed by atoms with van der Waals surface area (Å²) in [6, 6.07) is 0. The van der Waals surface area contributed by atoms with Crippen LogP contribution in [0.2, 0.25) is 0 Å². The van der Waals surface area contributed by atoms with Gasteiger partial charge in [-0.25, -0.2) is 0 Å². The van der Waals surface area contributed by atoms with E-state index in [-0.39, 0.29) is 29.6 Å². The number of rotatable bonds is 15. The minimum Gasteiger partial charge on any atom is -0.392 e. The third kappa shape index (κ3) is 20.9. The molecule has 0 spiro atoms. The van der Waals surface area contributed by atoms with Gasteiger partial charge in [-0.3, -0.25) is 4.55 Å². The zero-order valence-electron chi connectivity index (χ0n) is 14.6. The molecule has 0 rings (SSSR count). The molecule has 0 aromatic heterocycles. The van der Waals surface area contributed by atoms with Gasteiger partial charge in [0.05, 0.1) is 6.10 Å². The summed E-state index contributed by atoms with van der Waals surface area (Å²) in [5, 5.41) is 9.41.